The van der Waals surface area contributed by atoms with Crippen LogP contribution in [0.3, 0.4) is 0 Å². The van der Waals surface area contributed by atoms with Crippen molar-refractivity contribution in [3.05, 3.63) is 24.3 Å². The van der Waals surface area contributed by atoms with Gasteiger partial charge in [0.15, 0.2) is 6.10 Å². The average molecular weight is 290 g/mol. The summed E-state index contributed by atoms with van der Waals surface area (Å²) in [5.41, 5.74) is 0.722. The highest BCUT2D eigenvalue weighted by Crippen LogP contribution is 2.33. The molecule has 1 atom stereocenters. The normalized spacial score (nSPS) is 16.9. The van der Waals surface area contributed by atoms with Gasteiger partial charge in [-0.05, 0) is 18.6 Å². The number of rotatable bonds is 5. The second-order valence-electron chi connectivity index (χ2n) is 5.20. The van der Waals surface area contributed by atoms with E-state index >= 15 is 0 Å². The number of carbonyl (C=O) groups excluding carboxylic acids is 2. The lowest BCUT2D eigenvalue weighted by molar-refractivity contribution is -0.128. The van der Waals surface area contributed by atoms with Gasteiger partial charge in [-0.25, -0.2) is 0 Å². The van der Waals surface area contributed by atoms with Crippen molar-refractivity contribution in [3.63, 3.8) is 0 Å². The number of nitrogens with one attached hydrogen (secondary N) is 1. The Morgan fingerprint density at radius 2 is 2.10 bits per heavy atom. The summed E-state index contributed by atoms with van der Waals surface area (Å²) in [6, 6.07) is 7.29. The number of unbranched alkanes of at least 4 members (excludes halogenated alkanes) is 2. The first kappa shape index (κ1) is 15.4. The minimum Gasteiger partial charge on any atom is -0.477 e. The Morgan fingerprint density at radius 3 is 2.81 bits per heavy atom. The Kier molecular flexibility index (Phi) is 5.20. The van der Waals surface area contributed by atoms with Gasteiger partial charge in [-0.1, -0.05) is 31.9 Å². The molecule has 0 aliphatic carbocycles. The maximum atomic E-state index is 12.2. The molecule has 1 aliphatic rings. The highest BCUT2D eigenvalue weighted by Gasteiger charge is 2.32. The Balaban J connectivity index is 2.03. The minimum atomic E-state index is -0.648. The number of benzene rings is 1. The molecular weight excluding hydrogens is 268 g/mol. The van der Waals surface area contributed by atoms with E-state index in [9.17, 15) is 9.59 Å². The molecule has 0 fully saturated rings. The molecule has 21 heavy (non-hydrogen) atoms. The molecule has 0 unspecified atom stereocenters. The number of amides is 2. The molecule has 0 saturated heterocycles. The molecule has 5 heteroatoms. The molecule has 1 aromatic carbocycles. The van der Waals surface area contributed by atoms with Crippen LogP contribution in [-0.2, 0) is 9.59 Å². The summed E-state index contributed by atoms with van der Waals surface area (Å²) in [5.74, 6) is 0.328. The number of hydrogen-bond acceptors (Lipinski definition) is 3. The fraction of sp³-hybridized carbons (Fsp3) is 0.500. The molecule has 0 spiro atoms. The van der Waals surface area contributed by atoms with Gasteiger partial charge in [-0.15, -0.1) is 0 Å². The third kappa shape index (κ3) is 3.74. The molecule has 1 N–H and O–H groups in total. The van der Waals surface area contributed by atoms with Crippen LogP contribution >= 0.6 is 0 Å². The van der Waals surface area contributed by atoms with E-state index in [2.05, 4.69) is 12.2 Å². The van der Waals surface area contributed by atoms with Crippen LogP contribution in [0.15, 0.2) is 24.3 Å². The molecule has 5 nitrogen and oxygen atoms in total. The van der Waals surface area contributed by atoms with Gasteiger partial charge in [0.25, 0.3) is 5.91 Å². The van der Waals surface area contributed by atoms with Crippen LogP contribution in [0.1, 0.15) is 33.1 Å². The Bertz CT molecular complexity index is 516. The van der Waals surface area contributed by atoms with E-state index in [1.807, 2.05) is 18.2 Å². The topological polar surface area (TPSA) is 58.6 Å². The van der Waals surface area contributed by atoms with Gasteiger partial charge in [0.2, 0.25) is 5.91 Å². The predicted molar refractivity (Wildman–Crippen MR) is 81.4 cm³/mol. The SMILES string of the molecule is CCCCCNC(=O)[C@@H]1CN(C(C)=O)c2ccccc2O1. The molecule has 2 amide bonds. The summed E-state index contributed by atoms with van der Waals surface area (Å²) in [6.45, 7) is 4.52. The maximum absolute atomic E-state index is 12.2. The van der Waals surface area contributed by atoms with Crippen molar-refractivity contribution >= 4 is 17.5 Å². The lowest BCUT2D eigenvalue weighted by atomic mass is 10.1. The summed E-state index contributed by atoms with van der Waals surface area (Å²) in [7, 11) is 0. The van der Waals surface area contributed by atoms with Gasteiger partial charge in [0.05, 0.1) is 12.2 Å². The first-order valence-corrected chi connectivity index (χ1v) is 7.45. The molecule has 0 aromatic heterocycles. The lowest BCUT2D eigenvalue weighted by Crippen LogP contribution is -2.50. The maximum Gasteiger partial charge on any atom is 0.262 e. The van der Waals surface area contributed by atoms with E-state index in [1.165, 1.54) is 6.92 Å². The molecule has 114 valence electrons. The van der Waals surface area contributed by atoms with Crippen LogP contribution in [0.2, 0.25) is 0 Å². The van der Waals surface area contributed by atoms with Crippen LogP contribution in [-0.4, -0.2) is 31.0 Å². The quantitative estimate of drug-likeness (QED) is 0.845. The van der Waals surface area contributed by atoms with E-state index in [-0.39, 0.29) is 18.4 Å². The first-order chi connectivity index (χ1) is 10.1. The number of nitrogens with zero attached hydrogens (tertiary/aromatic N) is 1. The van der Waals surface area contributed by atoms with Gasteiger partial charge >= 0.3 is 0 Å². The fourth-order valence-electron chi connectivity index (χ4n) is 2.37. The molecule has 1 aromatic rings. The lowest BCUT2D eigenvalue weighted by Gasteiger charge is -2.33. The summed E-state index contributed by atoms with van der Waals surface area (Å²) in [5, 5.41) is 2.88. The number of fused-ring (bicyclic) bond motifs is 1. The van der Waals surface area contributed by atoms with E-state index in [4.69, 9.17) is 4.74 Å². The molecule has 0 saturated carbocycles. The first-order valence-electron chi connectivity index (χ1n) is 7.45. The Hall–Kier alpha value is -2.04. The minimum absolute atomic E-state index is 0.0884. The number of anilines is 1. The largest absolute Gasteiger partial charge is 0.477 e. The van der Waals surface area contributed by atoms with Crippen LogP contribution in [0.25, 0.3) is 0 Å². The number of ether oxygens (including phenoxy) is 1. The zero-order chi connectivity index (χ0) is 15.2. The standard InChI is InChI=1S/C16H22N2O3/c1-3-4-7-10-17-16(20)15-11-18(12(2)19)13-8-5-6-9-14(13)21-15/h5-6,8-9,15H,3-4,7,10-11H2,1-2H3,(H,17,20)/t15-/m0/s1. The zero-order valence-corrected chi connectivity index (χ0v) is 12.6. The van der Waals surface area contributed by atoms with Crippen molar-refractivity contribution in [2.45, 2.75) is 39.2 Å². The predicted octanol–water partition coefficient (Wildman–Crippen LogP) is 2.11. The smallest absolute Gasteiger partial charge is 0.262 e. The second-order valence-corrected chi connectivity index (χ2v) is 5.20. The molecule has 1 aliphatic heterocycles. The van der Waals surface area contributed by atoms with Crippen LogP contribution in [0, 0.1) is 0 Å². The zero-order valence-electron chi connectivity index (χ0n) is 12.6. The van der Waals surface area contributed by atoms with E-state index in [0.29, 0.717) is 12.3 Å². The highest BCUT2D eigenvalue weighted by molar-refractivity contribution is 5.95. The van der Waals surface area contributed by atoms with Crippen LogP contribution in [0.4, 0.5) is 5.69 Å². The number of carbonyl (C=O) groups is 2. The van der Waals surface area contributed by atoms with E-state index in [1.54, 1.807) is 11.0 Å². The third-order valence-corrected chi connectivity index (χ3v) is 3.53. The van der Waals surface area contributed by atoms with Crippen molar-refractivity contribution < 1.29 is 14.3 Å². The van der Waals surface area contributed by atoms with Crippen LogP contribution in [0.5, 0.6) is 5.75 Å². The van der Waals surface area contributed by atoms with Crippen LogP contribution < -0.4 is 15.0 Å². The van der Waals surface area contributed by atoms with Crippen molar-refractivity contribution in [1.82, 2.24) is 5.32 Å². The highest BCUT2D eigenvalue weighted by atomic mass is 16.5. The Morgan fingerprint density at radius 1 is 1.33 bits per heavy atom. The van der Waals surface area contributed by atoms with E-state index in [0.717, 1.165) is 24.9 Å². The molecule has 1 heterocycles. The second kappa shape index (κ2) is 7.11. The Labute approximate surface area is 125 Å². The van der Waals surface area contributed by atoms with Crippen molar-refractivity contribution in [2.24, 2.45) is 0 Å². The van der Waals surface area contributed by atoms with Crippen molar-refractivity contribution in [3.8, 4) is 5.75 Å². The molecular formula is C16H22N2O3. The van der Waals surface area contributed by atoms with Gasteiger partial charge in [-0.3, -0.25) is 9.59 Å². The number of hydrogen-bond donors (Lipinski definition) is 1. The van der Waals surface area contributed by atoms with E-state index < -0.39 is 6.10 Å². The third-order valence-electron chi connectivity index (χ3n) is 3.53. The van der Waals surface area contributed by atoms with Gasteiger partial charge < -0.3 is 15.0 Å². The fourth-order valence-corrected chi connectivity index (χ4v) is 2.37. The van der Waals surface area contributed by atoms with Crippen molar-refractivity contribution in [1.29, 1.82) is 0 Å². The monoisotopic (exact) mass is 290 g/mol. The van der Waals surface area contributed by atoms with Gasteiger partial charge in [0.1, 0.15) is 5.75 Å². The average Bonchev–Trinajstić information content (AvgIpc) is 2.50. The molecule has 0 radical (unpaired) electrons. The molecule has 0 bridgehead atoms. The summed E-state index contributed by atoms with van der Waals surface area (Å²) in [6.07, 6.45) is 2.52. The van der Waals surface area contributed by atoms with Gasteiger partial charge in [0, 0.05) is 13.5 Å². The summed E-state index contributed by atoms with van der Waals surface area (Å²) < 4.78 is 5.73. The van der Waals surface area contributed by atoms with Gasteiger partial charge in [-0.2, -0.15) is 0 Å². The molecule has 2 rings (SSSR count). The summed E-state index contributed by atoms with van der Waals surface area (Å²) >= 11 is 0. The summed E-state index contributed by atoms with van der Waals surface area (Å²) in [4.78, 5) is 25.5. The number of para-hydroxylation sites is 2. The van der Waals surface area contributed by atoms with Crippen molar-refractivity contribution in [2.75, 3.05) is 18.0 Å².